The molecule has 0 spiro atoms. The molecule has 17 heavy (non-hydrogen) atoms. The van der Waals surface area contributed by atoms with E-state index in [2.05, 4.69) is 15.9 Å². The maximum Gasteiger partial charge on any atom is 0.233 e. The van der Waals surface area contributed by atoms with Crippen LogP contribution < -0.4 is 4.90 Å². The summed E-state index contributed by atoms with van der Waals surface area (Å²) in [4.78, 5) is 24.7. The second-order valence-electron chi connectivity index (χ2n) is 3.75. The third kappa shape index (κ3) is 2.22. The minimum absolute atomic E-state index is 0.188. The van der Waals surface area contributed by atoms with E-state index in [0.29, 0.717) is 35.0 Å². The highest BCUT2D eigenvalue weighted by atomic mass is 79.9. The highest BCUT2D eigenvalue weighted by Gasteiger charge is 2.28. The van der Waals surface area contributed by atoms with Gasteiger partial charge in [0.25, 0.3) is 0 Å². The number of benzene rings is 1. The fourth-order valence-electron chi connectivity index (χ4n) is 1.78. The molecular formula is C12H9BrN2O2. The average Bonchev–Trinajstić information content (AvgIpc) is 2.30. The normalized spacial score (nSPS) is 15.9. The smallest absolute Gasteiger partial charge is 0.233 e. The van der Waals surface area contributed by atoms with Crippen molar-refractivity contribution in [3.8, 4) is 6.07 Å². The Kier molecular flexibility index (Phi) is 3.25. The van der Waals surface area contributed by atoms with Gasteiger partial charge in [-0.25, -0.2) is 4.90 Å². The van der Waals surface area contributed by atoms with Gasteiger partial charge in [-0.15, -0.1) is 0 Å². The van der Waals surface area contributed by atoms with Crippen LogP contribution in [-0.2, 0) is 9.59 Å². The SMILES string of the molecule is N#Cc1ccc(N2C(=O)CCCC2=O)c(Br)c1. The number of carbonyl (C=O) groups is 2. The summed E-state index contributed by atoms with van der Waals surface area (Å²) >= 11 is 3.28. The van der Waals surface area contributed by atoms with Crippen molar-refractivity contribution in [1.82, 2.24) is 0 Å². The summed E-state index contributed by atoms with van der Waals surface area (Å²) in [6, 6.07) is 6.81. The van der Waals surface area contributed by atoms with E-state index in [1.165, 1.54) is 4.90 Å². The Morgan fingerprint density at radius 2 is 1.88 bits per heavy atom. The van der Waals surface area contributed by atoms with Gasteiger partial charge in [-0.3, -0.25) is 9.59 Å². The predicted molar refractivity (Wildman–Crippen MR) is 65.2 cm³/mol. The number of anilines is 1. The molecule has 1 aliphatic heterocycles. The van der Waals surface area contributed by atoms with Crippen LogP contribution in [0.25, 0.3) is 0 Å². The van der Waals surface area contributed by atoms with Crippen molar-refractivity contribution in [2.24, 2.45) is 0 Å². The van der Waals surface area contributed by atoms with Gasteiger partial charge in [-0.2, -0.15) is 5.26 Å². The second kappa shape index (κ2) is 4.68. The van der Waals surface area contributed by atoms with Gasteiger partial charge in [-0.1, -0.05) is 0 Å². The summed E-state index contributed by atoms with van der Waals surface area (Å²) in [5.41, 5.74) is 0.997. The molecule has 5 heteroatoms. The molecule has 0 unspecified atom stereocenters. The van der Waals surface area contributed by atoms with Gasteiger partial charge in [0.2, 0.25) is 11.8 Å². The quantitative estimate of drug-likeness (QED) is 0.747. The molecule has 2 amide bonds. The van der Waals surface area contributed by atoms with Crippen LogP contribution in [0.4, 0.5) is 5.69 Å². The first kappa shape index (κ1) is 11.8. The molecule has 0 aliphatic carbocycles. The third-order valence-electron chi connectivity index (χ3n) is 2.60. The third-order valence-corrected chi connectivity index (χ3v) is 3.23. The summed E-state index contributed by atoms with van der Waals surface area (Å²) in [7, 11) is 0. The highest BCUT2D eigenvalue weighted by molar-refractivity contribution is 9.10. The largest absolute Gasteiger partial charge is 0.274 e. The molecule has 4 nitrogen and oxygen atoms in total. The van der Waals surface area contributed by atoms with Crippen LogP contribution in [0.3, 0.4) is 0 Å². The number of amides is 2. The number of nitriles is 1. The number of nitrogens with zero attached hydrogens (tertiary/aromatic N) is 2. The lowest BCUT2D eigenvalue weighted by Crippen LogP contribution is -2.40. The van der Waals surface area contributed by atoms with Crippen molar-refractivity contribution in [1.29, 1.82) is 5.26 Å². The van der Waals surface area contributed by atoms with E-state index in [1.54, 1.807) is 18.2 Å². The molecule has 0 atom stereocenters. The number of hydrogen-bond donors (Lipinski definition) is 0. The number of carbonyl (C=O) groups excluding carboxylic acids is 2. The molecule has 0 bridgehead atoms. The van der Waals surface area contributed by atoms with Crippen molar-refractivity contribution >= 4 is 33.4 Å². The van der Waals surface area contributed by atoms with Crippen molar-refractivity contribution in [3.63, 3.8) is 0 Å². The van der Waals surface area contributed by atoms with Crippen LogP contribution >= 0.6 is 15.9 Å². The van der Waals surface area contributed by atoms with Gasteiger partial charge >= 0.3 is 0 Å². The van der Waals surface area contributed by atoms with Gasteiger partial charge in [0.1, 0.15) is 0 Å². The van der Waals surface area contributed by atoms with Crippen molar-refractivity contribution in [2.45, 2.75) is 19.3 Å². The minimum atomic E-state index is -0.188. The lowest BCUT2D eigenvalue weighted by Gasteiger charge is -2.25. The van der Waals surface area contributed by atoms with E-state index in [-0.39, 0.29) is 11.8 Å². The standard InChI is InChI=1S/C12H9BrN2O2/c13-9-6-8(7-14)4-5-10(9)15-11(16)2-1-3-12(15)17/h4-6H,1-3H2. The van der Waals surface area contributed by atoms with E-state index in [4.69, 9.17) is 5.26 Å². The average molecular weight is 293 g/mol. The predicted octanol–water partition coefficient (Wildman–Crippen LogP) is 2.36. The van der Waals surface area contributed by atoms with Gasteiger partial charge in [0.05, 0.1) is 17.3 Å². The number of piperidine rings is 1. The molecule has 1 saturated heterocycles. The van der Waals surface area contributed by atoms with Crippen LogP contribution in [0.15, 0.2) is 22.7 Å². The van der Waals surface area contributed by atoms with Crippen molar-refractivity contribution < 1.29 is 9.59 Å². The van der Waals surface area contributed by atoms with Crippen LogP contribution in [0.1, 0.15) is 24.8 Å². The number of rotatable bonds is 1. The summed E-state index contributed by atoms with van der Waals surface area (Å²) in [6.07, 6.45) is 1.39. The Labute approximate surface area is 107 Å². The molecule has 1 aromatic carbocycles. The molecule has 1 heterocycles. The Morgan fingerprint density at radius 3 is 2.41 bits per heavy atom. The highest BCUT2D eigenvalue weighted by Crippen LogP contribution is 2.30. The van der Waals surface area contributed by atoms with Crippen molar-refractivity contribution in [2.75, 3.05) is 4.90 Å². The van der Waals surface area contributed by atoms with E-state index in [0.717, 1.165) is 0 Å². The van der Waals surface area contributed by atoms with Crippen molar-refractivity contribution in [3.05, 3.63) is 28.2 Å². The van der Waals surface area contributed by atoms with E-state index in [1.807, 2.05) is 6.07 Å². The molecule has 0 aromatic heterocycles. The second-order valence-corrected chi connectivity index (χ2v) is 4.61. The van der Waals surface area contributed by atoms with Gasteiger partial charge in [0, 0.05) is 17.3 Å². The molecule has 1 fully saturated rings. The molecule has 2 rings (SSSR count). The van der Waals surface area contributed by atoms with E-state index < -0.39 is 0 Å². The lowest BCUT2D eigenvalue weighted by atomic mass is 10.1. The summed E-state index contributed by atoms with van der Waals surface area (Å²) in [5.74, 6) is -0.377. The Morgan fingerprint density at radius 1 is 1.24 bits per heavy atom. The van der Waals surface area contributed by atoms with E-state index in [9.17, 15) is 9.59 Å². The van der Waals surface area contributed by atoms with Crippen LogP contribution in [0, 0.1) is 11.3 Å². The monoisotopic (exact) mass is 292 g/mol. The van der Waals surface area contributed by atoms with Gasteiger partial charge in [0.15, 0.2) is 0 Å². The van der Waals surface area contributed by atoms with Crippen LogP contribution in [-0.4, -0.2) is 11.8 Å². The lowest BCUT2D eigenvalue weighted by molar-refractivity contribution is -0.129. The zero-order valence-corrected chi connectivity index (χ0v) is 10.5. The van der Waals surface area contributed by atoms with Gasteiger partial charge < -0.3 is 0 Å². The van der Waals surface area contributed by atoms with E-state index >= 15 is 0 Å². The zero-order chi connectivity index (χ0) is 12.4. The first-order valence-electron chi connectivity index (χ1n) is 5.19. The summed E-state index contributed by atoms with van der Waals surface area (Å²) in [6.45, 7) is 0. The Balaban J connectivity index is 2.42. The Hall–Kier alpha value is -1.67. The number of imide groups is 1. The number of hydrogen-bond acceptors (Lipinski definition) is 3. The van der Waals surface area contributed by atoms with Gasteiger partial charge in [-0.05, 0) is 40.5 Å². The summed E-state index contributed by atoms with van der Waals surface area (Å²) < 4.78 is 0.583. The fourth-order valence-corrected chi connectivity index (χ4v) is 2.34. The minimum Gasteiger partial charge on any atom is -0.274 e. The molecule has 0 radical (unpaired) electrons. The zero-order valence-electron chi connectivity index (χ0n) is 8.94. The topological polar surface area (TPSA) is 61.2 Å². The molecule has 1 aromatic rings. The van der Waals surface area contributed by atoms with Crippen LogP contribution in [0.2, 0.25) is 0 Å². The number of halogens is 1. The maximum absolute atomic E-state index is 11.7. The molecule has 1 aliphatic rings. The van der Waals surface area contributed by atoms with Crippen LogP contribution in [0.5, 0.6) is 0 Å². The molecule has 0 N–H and O–H groups in total. The summed E-state index contributed by atoms with van der Waals surface area (Å²) in [5, 5.41) is 8.75. The maximum atomic E-state index is 11.7. The fraction of sp³-hybridized carbons (Fsp3) is 0.250. The molecule has 0 saturated carbocycles. The molecule has 86 valence electrons. The first-order valence-corrected chi connectivity index (χ1v) is 5.98. The Bertz CT molecular complexity index is 518. The molecular weight excluding hydrogens is 284 g/mol. The first-order chi connectivity index (χ1) is 8.13.